The second-order valence-electron chi connectivity index (χ2n) is 6.96. The number of hydrogen-bond donors (Lipinski definition) is 1. The number of rotatable bonds is 4. The van der Waals surface area contributed by atoms with Crippen molar-refractivity contribution in [3.8, 4) is 0 Å². The van der Waals surface area contributed by atoms with Crippen molar-refractivity contribution in [2.24, 2.45) is 4.99 Å². The first-order chi connectivity index (χ1) is 12.5. The predicted molar refractivity (Wildman–Crippen MR) is 96.4 cm³/mol. The van der Waals surface area contributed by atoms with Crippen molar-refractivity contribution in [3.63, 3.8) is 0 Å². The van der Waals surface area contributed by atoms with Gasteiger partial charge in [0.2, 0.25) is 5.91 Å². The number of hydrogen-bond acceptors (Lipinski definition) is 6. The van der Waals surface area contributed by atoms with E-state index in [9.17, 15) is 14.4 Å². The van der Waals surface area contributed by atoms with Gasteiger partial charge >= 0.3 is 6.03 Å². The summed E-state index contributed by atoms with van der Waals surface area (Å²) in [4.78, 5) is 48.6. The van der Waals surface area contributed by atoms with Crippen molar-refractivity contribution in [2.45, 2.75) is 45.3 Å². The van der Waals surface area contributed by atoms with Crippen LogP contribution in [0, 0.1) is 0 Å². The third-order valence-electron chi connectivity index (χ3n) is 5.31. The number of likely N-dealkylation sites (N-methyl/N-ethyl adjacent to an activating group) is 1. The van der Waals surface area contributed by atoms with Gasteiger partial charge in [-0.2, -0.15) is 0 Å². The van der Waals surface area contributed by atoms with Crippen LogP contribution in [0.1, 0.15) is 33.1 Å². The van der Waals surface area contributed by atoms with Gasteiger partial charge in [0.15, 0.2) is 18.2 Å². The second-order valence-corrected chi connectivity index (χ2v) is 6.96. The minimum atomic E-state index is -0.488. The second kappa shape index (κ2) is 7.51. The summed E-state index contributed by atoms with van der Waals surface area (Å²) in [5, 5.41) is 2.42. The van der Waals surface area contributed by atoms with Gasteiger partial charge < -0.3 is 19.6 Å². The maximum atomic E-state index is 12.5. The van der Waals surface area contributed by atoms with Crippen LogP contribution in [0.2, 0.25) is 0 Å². The van der Waals surface area contributed by atoms with Crippen molar-refractivity contribution in [3.05, 3.63) is 0 Å². The van der Waals surface area contributed by atoms with Gasteiger partial charge in [0.05, 0.1) is 0 Å². The zero-order valence-electron chi connectivity index (χ0n) is 15.8. The van der Waals surface area contributed by atoms with Crippen molar-refractivity contribution in [1.29, 1.82) is 0 Å². The molecule has 9 nitrogen and oxygen atoms in total. The highest BCUT2D eigenvalue weighted by Crippen LogP contribution is 2.26. The SMILES string of the molecule is CCCCN1C(N2CCN(C(=O)CC)CC2)=NC2C1C(=O)NC(=O)N2C. The smallest absolute Gasteiger partial charge is 0.325 e. The zero-order valence-corrected chi connectivity index (χ0v) is 15.8. The van der Waals surface area contributed by atoms with Crippen LogP contribution in [0.3, 0.4) is 0 Å². The van der Waals surface area contributed by atoms with E-state index in [4.69, 9.17) is 4.99 Å². The molecule has 0 aromatic rings. The number of carbonyl (C=O) groups excluding carboxylic acids is 3. The molecule has 0 bridgehead atoms. The van der Waals surface area contributed by atoms with Crippen LogP contribution in [0.5, 0.6) is 0 Å². The van der Waals surface area contributed by atoms with E-state index in [1.54, 1.807) is 7.05 Å². The maximum absolute atomic E-state index is 12.5. The number of aliphatic imine (C=N–C) groups is 1. The molecule has 2 unspecified atom stereocenters. The Morgan fingerprint density at radius 2 is 1.88 bits per heavy atom. The minimum absolute atomic E-state index is 0.166. The standard InChI is InChI=1S/C17H28N6O3/c1-4-6-7-23-13-14(20(3)17(26)19-15(13)25)18-16(23)22-10-8-21(9-11-22)12(24)5-2/h13-14H,4-11H2,1-3H3,(H,19,25,26). The molecular weight excluding hydrogens is 336 g/mol. The fourth-order valence-corrected chi connectivity index (χ4v) is 3.72. The van der Waals surface area contributed by atoms with Crippen LogP contribution in [0.4, 0.5) is 4.79 Å². The molecule has 3 rings (SSSR count). The average molecular weight is 364 g/mol. The van der Waals surface area contributed by atoms with Crippen LogP contribution >= 0.6 is 0 Å². The van der Waals surface area contributed by atoms with E-state index in [1.807, 2.05) is 16.7 Å². The van der Waals surface area contributed by atoms with Gasteiger partial charge in [0.25, 0.3) is 5.91 Å². The lowest BCUT2D eigenvalue weighted by molar-refractivity contribution is -0.132. The largest absolute Gasteiger partial charge is 0.339 e. The third-order valence-corrected chi connectivity index (χ3v) is 5.31. The number of carbonyl (C=O) groups is 3. The van der Waals surface area contributed by atoms with E-state index < -0.39 is 18.2 Å². The number of fused-ring (bicyclic) bond motifs is 1. The van der Waals surface area contributed by atoms with E-state index in [2.05, 4.69) is 17.1 Å². The molecule has 0 aliphatic carbocycles. The third kappa shape index (κ3) is 3.22. The van der Waals surface area contributed by atoms with Gasteiger partial charge in [-0.25, -0.2) is 9.79 Å². The van der Waals surface area contributed by atoms with Gasteiger partial charge in [-0.05, 0) is 6.42 Å². The summed E-state index contributed by atoms with van der Waals surface area (Å²) < 4.78 is 0. The molecule has 3 heterocycles. The van der Waals surface area contributed by atoms with Crippen molar-refractivity contribution >= 4 is 23.8 Å². The monoisotopic (exact) mass is 364 g/mol. The first-order valence-corrected chi connectivity index (χ1v) is 9.42. The van der Waals surface area contributed by atoms with Crippen LogP contribution in [0.15, 0.2) is 4.99 Å². The molecule has 0 radical (unpaired) electrons. The van der Waals surface area contributed by atoms with Gasteiger partial charge in [-0.15, -0.1) is 0 Å². The number of urea groups is 1. The molecule has 2 fully saturated rings. The maximum Gasteiger partial charge on any atom is 0.325 e. The Bertz CT molecular complexity index is 614. The topological polar surface area (TPSA) is 88.6 Å². The lowest BCUT2D eigenvalue weighted by atomic mass is 10.1. The zero-order chi connectivity index (χ0) is 18.8. The summed E-state index contributed by atoms with van der Waals surface area (Å²) >= 11 is 0. The molecule has 144 valence electrons. The molecule has 0 aromatic carbocycles. The van der Waals surface area contributed by atoms with Gasteiger partial charge in [0.1, 0.15) is 0 Å². The molecule has 3 aliphatic heterocycles. The summed E-state index contributed by atoms with van der Waals surface area (Å²) in [5.41, 5.74) is 0. The normalized spacial score (nSPS) is 26.0. The van der Waals surface area contributed by atoms with E-state index >= 15 is 0 Å². The number of nitrogens with one attached hydrogen (secondary N) is 1. The van der Waals surface area contributed by atoms with Gasteiger partial charge in [0, 0.05) is 46.2 Å². The number of piperazine rings is 1. The number of nitrogens with zero attached hydrogens (tertiary/aromatic N) is 5. The Kier molecular flexibility index (Phi) is 5.33. The summed E-state index contributed by atoms with van der Waals surface area (Å²) in [6, 6.07) is -0.885. The Morgan fingerprint density at radius 3 is 2.50 bits per heavy atom. The van der Waals surface area contributed by atoms with E-state index in [0.717, 1.165) is 25.3 Å². The number of amides is 4. The fourth-order valence-electron chi connectivity index (χ4n) is 3.72. The Balaban J connectivity index is 1.79. The van der Waals surface area contributed by atoms with Crippen LogP contribution in [-0.2, 0) is 9.59 Å². The fraction of sp³-hybridized carbons (Fsp3) is 0.765. The highest BCUT2D eigenvalue weighted by atomic mass is 16.2. The molecule has 0 saturated carbocycles. The molecule has 0 spiro atoms. The first-order valence-electron chi connectivity index (χ1n) is 9.42. The van der Waals surface area contributed by atoms with Crippen LogP contribution in [0.25, 0.3) is 0 Å². The lowest BCUT2D eigenvalue weighted by Crippen LogP contribution is -2.64. The van der Waals surface area contributed by atoms with E-state index in [-0.39, 0.29) is 11.8 Å². The van der Waals surface area contributed by atoms with Crippen molar-refractivity contribution in [1.82, 2.24) is 24.9 Å². The Hall–Kier alpha value is -2.32. The molecule has 4 amide bonds. The lowest BCUT2D eigenvalue weighted by Gasteiger charge is -2.40. The van der Waals surface area contributed by atoms with E-state index in [0.29, 0.717) is 32.6 Å². The van der Waals surface area contributed by atoms with Crippen LogP contribution < -0.4 is 5.32 Å². The summed E-state index contributed by atoms with van der Waals surface area (Å²) in [7, 11) is 1.67. The van der Waals surface area contributed by atoms with Crippen molar-refractivity contribution < 1.29 is 14.4 Å². The average Bonchev–Trinajstić information content (AvgIpc) is 3.04. The van der Waals surface area contributed by atoms with Gasteiger partial charge in [-0.1, -0.05) is 20.3 Å². The molecule has 9 heteroatoms. The number of unbranched alkanes of at least 4 members (excludes halogenated alkanes) is 1. The molecule has 2 atom stereocenters. The first kappa shape index (κ1) is 18.5. The number of guanidine groups is 1. The van der Waals surface area contributed by atoms with Crippen LogP contribution in [-0.4, -0.2) is 95.4 Å². The predicted octanol–water partition coefficient (Wildman–Crippen LogP) is -0.111. The van der Waals surface area contributed by atoms with Gasteiger partial charge in [-0.3, -0.25) is 14.9 Å². The Labute approximate surface area is 154 Å². The summed E-state index contributed by atoms with van der Waals surface area (Å²) in [6.45, 7) is 7.39. The Morgan fingerprint density at radius 1 is 1.19 bits per heavy atom. The molecule has 3 aliphatic rings. The van der Waals surface area contributed by atoms with Crippen molar-refractivity contribution in [2.75, 3.05) is 39.8 Å². The minimum Gasteiger partial charge on any atom is -0.339 e. The molecule has 26 heavy (non-hydrogen) atoms. The number of imide groups is 1. The quantitative estimate of drug-likeness (QED) is 0.752. The molecule has 1 N–H and O–H groups in total. The van der Waals surface area contributed by atoms with E-state index in [1.165, 1.54) is 4.90 Å². The summed E-state index contributed by atoms with van der Waals surface area (Å²) in [5.74, 6) is 0.653. The molecule has 0 aromatic heterocycles. The molecule has 2 saturated heterocycles. The highest BCUT2D eigenvalue weighted by molar-refractivity contribution is 6.03. The summed E-state index contributed by atoms with van der Waals surface area (Å²) in [6.07, 6.45) is 1.98. The highest BCUT2D eigenvalue weighted by Gasteiger charge is 2.49. The molecular formula is C17H28N6O3.